The third kappa shape index (κ3) is 3.25. The summed E-state index contributed by atoms with van der Waals surface area (Å²) < 4.78 is 82.2. The molecule has 1 atom stereocenters. The van der Waals surface area contributed by atoms with Crippen molar-refractivity contribution in [3.63, 3.8) is 0 Å². The summed E-state index contributed by atoms with van der Waals surface area (Å²) in [6, 6.07) is -0.328. The second-order valence-electron chi connectivity index (χ2n) is 5.00. The van der Waals surface area contributed by atoms with Crippen molar-refractivity contribution in [3.8, 4) is 5.75 Å². The Morgan fingerprint density at radius 1 is 1.10 bits per heavy atom. The average molecular weight is 313 g/mol. The fourth-order valence-corrected chi connectivity index (χ4v) is 2.23. The van der Waals surface area contributed by atoms with Crippen molar-refractivity contribution < 1.29 is 31.1 Å². The summed E-state index contributed by atoms with van der Waals surface area (Å²) >= 11 is 0. The van der Waals surface area contributed by atoms with Crippen LogP contribution in [0.5, 0.6) is 5.75 Å². The summed E-state index contributed by atoms with van der Waals surface area (Å²) in [6.45, 7) is 0. The van der Waals surface area contributed by atoms with E-state index in [0.717, 1.165) is 7.11 Å². The number of ether oxygens (including phenoxy) is 1. The maximum Gasteiger partial charge on any atom is 0.416 e. The van der Waals surface area contributed by atoms with Crippen LogP contribution < -0.4 is 10.5 Å². The van der Waals surface area contributed by atoms with Crippen molar-refractivity contribution in [2.24, 2.45) is 11.7 Å². The number of rotatable bonds is 3. The van der Waals surface area contributed by atoms with Crippen LogP contribution in [0.15, 0.2) is 12.1 Å². The highest BCUT2D eigenvalue weighted by Crippen LogP contribution is 2.48. The number of methoxy groups -OCH3 is 1. The van der Waals surface area contributed by atoms with Gasteiger partial charge in [0.2, 0.25) is 0 Å². The second kappa shape index (κ2) is 5.08. The zero-order chi connectivity index (χ0) is 16.0. The van der Waals surface area contributed by atoms with E-state index in [1.54, 1.807) is 0 Å². The number of benzene rings is 1. The molecule has 21 heavy (non-hydrogen) atoms. The predicted molar refractivity (Wildman–Crippen MR) is 62.7 cm³/mol. The lowest BCUT2D eigenvalue weighted by molar-refractivity contribution is -0.143. The van der Waals surface area contributed by atoms with Crippen LogP contribution >= 0.6 is 0 Å². The van der Waals surface area contributed by atoms with Crippen molar-refractivity contribution in [1.82, 2.24) is 0 Å². The summed E-state index contributed by atoms with van der Waals surface area (Å²) in [5, 5.41) is 0. The van der Waals surface area contributed by atoms with Crippen LogP contribution in [-0.4, -0.2) is 7.11 Å². The molecule has 0 unspecified atom stereocenters. The summed E-state index contributed by atoms with van der Waals surface area (Å²) in [6.07, 6.45) is -8.52. The average Bonchev–Trinajstić information content (AvgIpc) is 3.18. The first kappa shape index (κ1) is 15.9. The fourth-order valence-electron chi connectivity index (χ4n) is 2.23. The van der Waals surface area contributed by atoms with E-state index in [0.29, 0.717) is 18.9 Å². The van der Waals surface area contributed by atoms with Gasteiger partial charge < -0.3 is 10.5 Å². The van der Waals surface area contributed by atoms with E-state index in [1.807, 2.05) is 0 Å². The molecule has 0 radical (unpaired) electrons. The molecule has 0 spiro atoms. The lowest BCUT2D eigenvalue weighted by Gasteiger charge is -2.23. The minimum atomic E-state index is -4.93. The van der Waals surface area contributed by atoms with Gasteiger partial charge in [0, 0.05) is 11.6 Å². The normalized spacial score (nSPS) is 17.7. The van der Waals surface area contributed by atoms with E-state index in [4.69, 9.17) is 10.5 Å². The molecule has 1 aromatic rings. The van der Waals surface area contributed by atoms with Crippen molar-refractivity contribution in [3.05, 3.63) is 28.8 Å². The number of hydrogen-bond acceptors (Lipinski definition) is 2. The van der Waals surface area contributed by atoms with Crippen LogP contribution in [0.1, 0.15) is 35.6 Å². The maximum absolute atomic E-state index is 13.1. The first-order chi connectivity index (χ1) is 9.55. The molecule has 2 N–H and O–H groups in total. The van der Waals surface area contributed by atoms with E-state index >= 15 is 0 Å². The lowest BCUT2D eigenvalue weighted by atomic mass is 9.93. The van der Waals surface area contributed by atoms with Crippen LogP contribution in [0, 0.1) is 5.92 Å². The summed E-state index contributed by atoms with van der Waals surface area (Å²) in [4.78, 5) is 0. The molecule has 0 amide bonds. The number of alkyl halides is 6. The Labute approximate surface area is 116 Å². The summed E-state index contributed by atoms with van der Waals surface area (Å²) in [5.41, 5.74) is 2.58. The van der Waals surface area contributed by atoms with Gasteiger partial charge in [-0.3, -0.25) is 0 Å². The van der Waals surface area contributed by atoms with Gasteiger partial charge in [-0.1, -0.05) is 0 Å². The van der Waals surface area contributed by atoms with Crippen molar-refractivity contribution in [1.29, 1.82) is 0 Å². The smallest absolute Gasteiger partial charge is 0.416 e. The molecule has 2 rings (SSSR count). The summed E-state index contributed by atoms with van der Waals surface area (Å²) in [7, 11) is 1.03. The molecule has 1 fully saturated rings. The van der Waals surface area contributed by atoms with Gasteiger partial charge in [-0.05, 0) is 30.9 Å². The minimum Gasteiger partial charge on any atom is -0.496 e. The van der Waals surface area contributed by atoms with E-state index in [-0.39, 0.29) is 12.0 Å². The Bertz CT molecular complexity index is 533. The van der Waals surface area contributed by atoms with Gasteiger partial charge in [0.1, 0.15) is 5.75 Å². The zero-order valence-electron chi connectivity index (χ0n) is 11.0. The van der Waals surface area contributed by atoms with Crippen molar-refractivity contribution in [2.45, 2.75) is 31.2 Å². The molecular weight excluding hydrogens is 300 g/mol. The van der Waals surface area contributed by atoms with Gasteiger partial charge in [0.25, 0.3) is 0 Å². The Kier molecular flexibility index (Phi) is 3.86. The largest absolute Gasteiger partial charge is 0.496 e. The molecule has 1 saturated carbocycles. The van der Waals surface area contributed by atoms with Crippen LogP contribution in [0.3, 0.4) is 0 Å². The molecule has 0 bridgehead atoms. The van der Waals surface area contributed by atoms with Crippen LogP contribution in [-0.2, 0) is 12.4 Å². The first-order valence-electron chi connectivity index (χ1n) is 6.17. The fraction of sp³-hybridized carbons (Fsp3) is 0.538. The molecule has 118 valence electrons. The Morgan fingerprint density at radius 3 is 2.05 bits per heavy atom. The van der Waals surface area contributed by atoms with Crippen molar-refractivity contribution in [2.75, 3.05) is 7.11 Å². The molecule has 0 saturated heterocycles. The van der Waals surface area contributed by atoms with Gasteiger partial charge in [-0.25, -0.2) is 0 Å². The molecule has 1 aliphatic carbocycles. The van der Waals surface area contributed by atoms with Gasteiger partial charge in [0.05, 0.1) is 18.2 Å². The first-order valence-corrected chi connectivity index (χ1v) is 6.17. The SMILES string of the molecule is COc1cc(C(F)(F)F)cc(C(F)(F)F)c1[C@@H](N)C1CC1. The number of halogens is 6. The standard InChI is InChI=1S/C13H13F6NO/c1-21-9-5-7(12(14,15)16)4-8(13(17,18)19)10(9)11(20)6-2-3-6/h4-6,11H,2-3,20H2,1H3/t11-/m0/s1. The minimum absolute atomic E-state index is 0.0973. The highest BCUT2D eigenvalue weighted by Gasteiger charge is 2.43. The third-order valence-electron chi connectivity index (χ3n) is 3.46. The topological polar surface area (TPSA) is 35.2 Å². The molecular formula is C13H13F6NO. The monoisotopic (exact) mass is 313 g/mol. The third-order valence-corrected chi connectivity index (χ3v) is 3.46. The number of hydrogen-bond donors (Lipinski definition) is 1. The highest BCUT2D eigenvalue weighted by molar-refractivity contribution is 5.48. The Balaban J connectivity index is 2.66. The second-order valence-corrected chi connectivity index (χ2v) is 5.00. The van der Waals surface area contributed by atoms with Gasteiger partial charge >= 0.3 is 12.4 Å². The molecule has 0 aromatic heterocycles. The van der Waals surface area contributed by atoms with E-state index < -0.39 is 40.8 Å². The van der Waals surface area contributed by atoms with Crippen LogP contribution in [0.4, 0.5) is 26.3 Å². The molecule has 1 aromatic carbocycles. The van der Waals surface area contributed by atoms with E-state index in [9.17, 15) is 26.3 Å². The lowest BCUT2D eigenvalue weighted by Crippen LogP contribution is -2.21. The Hall–Kier alpha value is -1.44. The Morgan fingerprint density at radius 2 is 1.67 bits per heavy atom. The van der Waals surface area contributed by atoms with Gasteiger partial charge in [-0.2, -0.15) is 26.3 Å². The quantitative estimate of drug-likeness (QED) is 0.851. The molecule has 0 heterocycles. The molecule has 1 aliphatic rings. The zero-order valence-corrected chi connectivity index (χ0v) is 11.0. The van der Waals surface area contributed by atoms with Crippen LogP contribution in [0.25, 0.3) is 0 Å². The van der Waals surface area contributed by atoms with E-state index in [1.165, 1.54) is 0 Å². The summed E-state index contributed by atoms with van der Waals surface area (Å²) in [5.74, 6) is -0.631. The van der Waals surface area contributed by atoms with Gasteiger partial charge in [-0.15, -0.1) is 0 Å². The molecule has 8 heteroatoms. The predicted octanol–water partition coefficient (Wildman–Crippen LogP) is 4.14. The molecule has 2 nitrogen and oxygen atoms in total. The maximum atomic E-state index is 13.1. The van der Waals surface area contributed by atoms with Gasteiger partial charge in [0.15, 0.2) is 0 Å². The van der Waals surface area contributed by atoms with Crippen molar-refractivity contribution >= 4 is 0 Å². The molecule has 0 aliphatic heterocycles. The van der Waals surface area contributed by atoms with Crippen LogP contribution in [0.2, 0.25) is 0 Å². The number of nitrogens with two attached hydrogens (primary N) is 1. The highest BCUT2D eigenvalue weighted by atomic mass is 19.4. The van der Waals surface area contributed by atoms with E-state index in [2.05, 4.69) is 0 Å².